The van der Waals surface area contributed by atoms with Gasteiger partial charge in [-0.25, -0.2) is 0 Å². The lowest BCUT2D eigenvalue weighted by atomic mass is 9.77. The molecule has 0 aromatic carbocycles. The van der Waals surface area contributed by atoms with Gasteiger partial charge in [0.2, 0.25) is 5.91 Å². The molecule has 1 amide bonds. The Labute approximate surface area is 84.8 Å². The van der Waals surface area contributed by atoms with Crippen molar-refractivity contribution in [2.75, 3.05) is 20.1 Å². The molecule has 2 bridgehead atoms. The molecule has 3 nitrogen and oxygen atoms in total. The Morgan fingerprint density at radius 2 is 2.21 bits per heavy atom. The van der Waals surface area contributed by atoms with Crippen molar-refractivity contribution in [1.29, 1.82) is 0 Å². The predicted octanol–water partition coefficient (Wildman–Crippen LogP) is 0.463. The molecule has 0 radical (unpaired) electrons. The Morgan fingerprint density at radius 3 is 2.93 bits per heavy atom. The van der Waals surface area contributed by atoms with Crippen LogP contribution in [0.1, 0.15) is 19.3 Å². The molecule has 2 aliphatic carbocycles. The molecule has 3 rings (SSSR count). The van der Waals surface area contributed by atoms with Crippen LogP contribution in [0.3, 0.4) is 0 Å². The molecule has 3 fully saturated rings. The highest BCUT2D eigenvalue weighted by Gasteiger charge is 2.57. The lowest BCUT2D eigenvalue weighted by Crippen LogP contribution is -2.62. The van der Waals surface area contributed by atoms with Crippen molar-refractivity contribution in [3.63, 3.8) is 0 Å². The summed E-state index contributed by atoms with van der Waals surface area (Å²) >= 11 is 0. The van der Waals surface area contributed by atoms with E-state index in [0.717, 1.165) is 24.3 Å². The van der Waals surface area contributed by atoms with Gasteiger partial charge in [0.1, 0.15) is 0 Å². The fraction of sp³-hybridized carbons (Fsp3) is 0.909. The van der Waals surface area contributed by atoms with Crippen LogP contribution in [0.5, 0.6) is 0 Å². The molecule has 3 heteroatoms. The molecule has 4 atom stereocenters. The van der Waals surface area contributed by atoms with Crippen LogP contribution in [0.4, 0.5) is 0 Å². The zero-order valence-electron chi connectivity index (χ0n) is 8.70. The van der Waals surface area contributed by atoms with Crippen LogP contribution < -0.4 is 5.32 Å². The predicted molar refractivity (Wildman–Crippen MR) is 53.7 cm³/mol. The zero-order valence-corrected chi connectivity index (χ0v) is 8.70. The summed E-state index contributed by atoms with van der Waals surface area (Å²) in [5, 5.41) is 2.95. The quantitative estimate of drug-likeness (QED) is 0.693. The van der Waals surface area contributed by atoms with Crippen molar-refractivity contribution in [2.45, 2.75) is 25.3 Å². The number of nitrogens with zero attached hydrogens (tertiary/aromatic N) is 1. The van der Waals surface area contributed by atoms with Crippen LogP contribution in [0, 0.1) is 17.8 Å². The highest BCUT2D eigenvalue weighted by molar-refractivity contribution is 5.79. The van der Waals surface area contributed by atoms with Crippen LogP contribution in [-0.2, 0) is 4.79 Å². The summed E-state index contributed by atoms with van der Waals surface area (Å²) in [6, 6.07) is 0.634. The number of likely N-dealkylation sites (tertiary alicyclic amines) is 1. The van der Waals surface area contributed by atoms with Crippen molar-refractivity contribution in [3.05, 3.63) is 0 Å². The molecule has 1 saturated heterocycles. The Kier molecular flexibility index (Phi) is 1.84. The molecular weight excluding hydrogens is 176 g/mol. The van der Waals surface area contributed by atoms with Crippen molar-refractivity contribution >= 4 is 5.91 Å². The van der Waals surface area contributed by atoms with Gasteiger partial charge in [0.25, 0.3) is 0 Å². The number of amides is 1. The van der Waals surface area contributed by atoms with Gasteiger partial charge in [0.15, 0.2) is 0 Å². The second kappa shape index (κ2) is 2.96. The molecule has 3 aliphatic rings. The van der Waals surface area contributed by atoms with Crippen molar-refractivity contribution in [3.8, 4) is 0 Å². The molecule has 78 valence electrons. The number of rotatable bonds is 2. The topological polar surface area (TPSA) is 32.3 Å². The van der Waals surface area contributed by atoms with Gasteiger partial charge in [-0.15, -0.1) is 0 Å². The minimum absolute atomic E-state index is 0.307. The average molecular weight is 194 g/mol. The van der Waals surface area contributed by atoms with Crippen LogP contribution in [-0.4, -0.2) is 37.0 Å². The number of likely N-dealkylation sites (N-methyl/N-ethyl adjacent to an activating group) is 1. The summed E-state index contributed by atoms with van der Waals surface area (Å²) in [4.78, 5) is 13.8. The minimum Gasteiger partial charge on any atom is -0.338 e. The molecule has 1 heterocycles. The van der Waals surface area contributed by atoms with Gasteiger partial charge >= 0.3 is 0 Å². The number of fused-ring (bicyclic) bond motifs is 5. The maximum Gasteiger partial charge on any atom is 0.236 e. The van der Waals surface area contributed by atoms with Crippen molar-refractivity contribution < 1.29 is 4.79 Å². The van der Waals surface area contributed by atoms with E-state index < -0.39 is 0 Å². The summed E-state index contributed by atoms with van der Waals surface area (Å²) in [7, 11) is 1.84. The summed E-state index contributed by atoms with van der Waals surface area (Å²) < 4.78 is 0. The van der Waals surface area contributed by atoms with Gasteiger partial charge in [0, 0.05) is 18.5 Å². The first-order valence-electron chi connectivity index (χ1n) is 5.75. The zero-order chi connectivity index (χ0) is 9.71. The van der Waals surface area contributed by atoms with E-state index in [9.17, 15) is 4.79 Å². The summed E-state index contributed by atoms with van der Waals surface area (Å²) in [6.07, 6.45) is 4.20. The number of carbonyl (C=O) groups excluding carboxylic acids is 1. The highest BCUT2D eigenvalue weighted by Crippen LogP contribution is 2.55. The largest absolute Gasteiger partial charge is 0.338 e. The van der Waals surface area contributed by atoms with Crippen LogP contribution in [0.25, 0.3) is 0 Å². The molecule has 0 aromatic heterocycles. The minimum atomic E-state index is 0.307. The summed E-state index contributed by atoms with van der Waals surface area (Å²) in [5.74, 6) is 2.99. The Bertz CT molecular complexity index is 264. The smallest absolute Gasteiger partial charge is 0.236 e. The van der Waals surface area contributed by atoms with E-state index in [1.165, 1.54) is 19.3 Å². The Balaban J connectivity index is 1.68. The lowest BCUT2D eigenvalue weighted by molar-refractivity contribution is -0.145. The standard InChI is InChI=1S/C11H18N2O/c1-12-5-10(14)13-6-9-7-2-3-8(4-7)11(9)13/h7-9,11-12H,2-6H2,1H3. The average Bonchev–Trinajstić information content (AvgIpc) is 2.60. The van der Waals surface area contributed by atoms with Gasteiger partial charge in [-0.2, -0.15) is 0 Å². The molecule has 2 saturated carbocycles. The first-order chi connectivity index (χ1) is 6.81. The summed E-state index contributed by atoms with van der Waals surface area (Å²) in [5.41, 5.74) is 0. The monoisotopic (exact) mass is 194 g/mol. The van der Waals surface area contributed by atoms with E-state index in [4.69, 9.17) is 0 Å². The van der Waals surface area contributed by atoms with Gasteiger partial charge in [-0.1, -0.05) is 0 Å². The van der Waals surface area contributed by atoms with E-state index in [1.54, 1.807) is 0 Å². The lowest BCUT2D eigenvalue weighted by Gasteiger charge is -2.50. The first kappa shape index (κ1) is 8.72. The van der Waals surface area contributed by atoms with Gasteiger partial charge in [0.05, 0.1) is 6.54 Å². The molecule has 0 spiro atoms. The fourth-order valence-electron chi connectivity index (χ4n) is 3.85. The van der Waals surface area contributed by atoms with Crippen LogP contribution in [0.15, 0.2) is 0 Å². The number of carbonyl (C=O) groups is 1. The first-order valence-corrected chi connectivity index (χ1v) is 5.75. The molecular formula is C11H18N2O. The third-order valence-corrected chi connectivity index (χ3v) is 4.46. The molecule has 1 aliphatic heterocycles. The number of hydrogen-bond acceptors (Lipinski definition) is 2. The van der Waals surface area contributed by atoms with Crippen molar-refractivity contribution in [2.24, 2.45) is 17.8 Å². The van der Waals surface area contributed by atoms with E-state index in [2.05, 4.69) is 10.2 Å². The third kappa shape index (κ3) is 0.991. The van der Waals surface area contributed by atoms with E-state index in [1.807, 2.05) is 7.05 Å². The molecule has 1 N–H and O–H groups in total. The van der Waals surface area contributed by atoms with E-state index in [-0.39, 0.29) is 0 Å². The van der Waals surface area contributed by atoms with E-state index in [0.29, 0.717) is 18.5 Å². The summed E-state index contributed by atoms with van der Waals surface area (Å²) in [6.45, 7) is 1.56. The normalized spacial score (nSPS) is 43.6. The van der Waals surface area contributed by atoms with E-state index >= 15 is 0 Å². The Morgan fingerprint density at radius 1 is 1.43 bits per heavy atom. The van der Waals surface area contributed by atoms with Crippen LogP contribution in [0.2, 0.25) is 0 Å². The van der Waals surface area contributed by atoms with Crippen LogP contribution >= 0.6 is 0 Å². The Hall–Kier alpha value is -0.570. The van der Waals surface area contributed by atoms with Gasteiger partial charge < -0.3 is 10.2 Å². The third-order valence-electron chi connectivity index (χ3n) is 4.46. The molecule has 4 unspecified atom stereocenters. The van der Waals surface area contributed by atoms with Crippen molar-refractivity contribution in [1.82, 2.24) is 10.2 Å². The second-order valence-electron chi connectivity index (χ2n) is 5.06. The second-order valence-corrected chi connectivity index (χ2v) is 5.06. The SMILES string of the molecule is CNCC(=O)N1CC2C3CCC(C3)C21. The maximum absolute atomic E-state index is 11.7. The molecule has 14 heavy (non-hydrogen) atoms. The number of hydrogen-bond donors (Lipinski definition) is 1. The molecule has 0 aromatic rings. The fourth-order valence-corrected chi connectivity index (χ4v) is 3.85. The van der Waals surface area contributed by atoms with Gasteiger partial charge in [-0.05, 0) is 38.1 Å². The van der Waals surface area contributed by atoms with Gasteiger partial charge in [-0.3, -0.25) is 4.79 Å². The number of nitrogens with one attached hydrogen (secondary N) is 1. The highest BCUT2D eigenvalue weighted by atomic mass is 16.2. The maximum atomic E-state index is 11.7.